The van der Waals surface area contributed by atoms with Crippen molar-refractivity contribution < 1.29 is 8.78 Å². The Kier molecular flexibility index (Phi) is 5.11. The topological polar surface area (TPSA) is 60.2 Å². The highest BCUT2D eigenvalue weighted by Crippen LogP contribution is 2.14. The quantitative estimate of drug-likeness (QED) is 0.519. The first-order valence-electron chi connectivity index (χ1n) is 6.14. The van der Waals surface area contributed by atoms with Gasteiger partial charge in [-0.1, -0.05) is 12.1 Å². The molecule has 2 aromatic rings. The van der Waals surface area contributed by atoms with Crippen molar-refractivity contribution in [3.63, 3.8) is 0 Å². The fourth-order valence-electron chi connectivity index (χ4n) is 1.55. The van der Waals surface area contributed by atoms with Gasteiger partial charge < -0.3 is 5.32 Å². The number of hydrogen-bond donors (Lipinski definition) is 2. The predicted octanol–water partition coefficient (Wildman–Crippen LogP) is 3.16. The molecule has 0 aromatic heterocycles. The van der Waals surface area contributed by atoms with Gasteiger partial charge in [0.15, 0.2) is 5.11 Å². The van der Waals surface area contributed by atoms with Gasteiger partial charge in [-0.2, -0.15) is 10.4 Å². The molecule has 2 N–H and O–H groups in total. The summed E-state index contributed by atoms with van der Waals surface area (Å²) in [6, 6.07) is 11.9. The van der Waals surface area contributed by atoms with Crippen molar-refractivity contribution >= 4 is 29.2 Å². The maximum atomic E-state index is 13.4. The van der Waals surface area contributed by atoms with Gasteiger partial charge in [0.05, 0.1) is 23.5 Å². The summed E-state index contributed by atoms with van der Waals surface area (Å²) < 4.78 is 26.2. The van der Waals surface area contributed by atoms with Crippen LogP contribution in [0.5, 0.6) is 0 Å². The molecule has 0 bridgehead atoms. The first-order chi connectivity index (χ1) is 10.6. The summed E-state index contributed by atoms with van der Waals surface area (Å²) in [5.41, 5.74) is 3.88. The van der Waals surface area contributed by atoms with E-state index in [0.717, 1.165) is 17.7 Å². The van der Waals surface area contributed by atoms with Crippen LogP contribution in [-0.2, 0) is 0 Å². The molecule has 2 rings (SSSR count). The third-order valence-corrected chi connectivity index (χ3v) is 2.79. The summed E-state index contributed by atoms with van der Waals surface area (Å²) in [6.07, 6.45) is 1.50. The Hall–Kier alpha value is -2.85. The number of nitrogens with zero attached hydrogens (tertiary/aromatic N) is 2. The van der Waals surface area contributed by atoms with Crippen LogP contribution < -0.4 is 10.7 Å². The number of hydrogen-bond acceptors (Lipinski definition) is 3. The van der Waals surface area contributed by atoms with E-state index in [9.17, 15) is 8.78 Å². The molecule has 4 nitrogen and oxygen atoms in total. The minimum atomic E-state index is -0.750. The minimum absolute atomic E-state index is 0.0486. The molecule has 0 atom stereocenters. The largest absolute Gasteiger partial charge is 0.329 e. The average molecular weight is 316 g/mol. The average Bonchev–Trinajstić information content (AvgIpc) is 2.51. The summed E-state index contributed by atoms with van der Waals surface area (Å²) in [5, 5.41) is 15.2. The second-order valence-electron chi connectivity index (χ2n) is 4.18. The maximum Gasteiger partial charge on any atom is 0.191 e. The molecule has 0 fully saturated rings. The van der Waals surface area contributed by atoms with Crippen molar-refractivity contribution in [3.05, 3.63) is 65.2 Å². The molecule has 0 unspecified atom stereocenters. The maximum absolute atomic E-state index is 13.4. The molecule has 0 aliphatic heterocycles. The fourth-order valence-corrected chi connectivity index (χ4v) is 1.71. The van der Waals surface area contributed by atoms with Crippen molar-refractivity contribution in [2.45, 2.75) is 0 Å². The van der Waals surface area contributed by atoms with Gasteiger partial charge in [-0.25, -0.2) is 8.78 Å². The van der Waals surface area contributed by atoms with Gasteiger partial charge >= 0.3 is 0 Å². The molecule has 22 heavy (non-hydrogen) atoms. The van der Waals surface area contributed by atoms with Gasteiger partial charge in [0, 0.05) is 6.07 Å². The molecular weight excluding hydrogens is 306 g/mol. The first-order valence-corrected chi connectivity index (χ1v) is 6.54. The van der Waals surface area contributed by atoms with Crippen LogP contribution in [0.25, 0.3) is 0 Å². The zero-order valence-corrected chi connectivity index (χ0v) is 12.0. The molecule has 2 aromatic carbocycles. The molecule has 7 heteroatoms. The highest BCUT2D eigenvalue weighted by atomic mass is 32.1. The normalized spacial score (nSPS) is 10.2. The molecule has 110 valence electrons. The van der Waals surface area contributed by atoms with Crippen molar-refractivity contribution in [1.82, 2.24) is 5.43 Å². The molecule has 0 saturated carbocycles. The Morgan fingerprint density at radius 2 is 1.91 bits per heavy atom. The lowest BCUT2D eigenvalue weighted by Crippen LogP contribution is -2.24. The van der Waals surface area contributed by atoms with E-state index in [2.05, 4.69) is 15.8 Å². The van der Waals surface area contributed by atoms with Crippen LogP contribution in [0, 0.1) is 23.0 Å². The Labute approximate surface area is 131 Å². The fraction of sp³-hybridized carbons (Fsp3) is 0. The summed E-state index contributed by atoms with van der Waals surface area (Å²) in [7, 11) is 0. The lowest BCUT2D eigenvalue weighted by Gasteiger charge is -2.07. The van der Waals surface area contributed by atoms with Gasteiger partial charge in [-0.05, 0) is 42.0 Å². The monoisotopic (exact) mass is 316 g/mol. The Balaban J connectivity index is 1.91. The van der Waals surface area contributed by atoms with Crippen LogP contribution in [0.4, 0.5) is 14.5 Å². The smallest absolute Gasteiger partial charge is 0.191 e. The number of hydrazone groups is 1. The van der Waals surface area contributed by atoms with Gasteiger partial charge in [-0.15, -0.1) is 0 Å². The predicted molar refractivity (Wildman–Crippen MR) is 84.5 cm³/mol. The van der Waals surface area contributed by atoms with Crippen LogP contribution in [0.3, 0.4) is 0 Å². The molecule has 0 spiro atoms. The van der Waals surface area contributed by atoms with Gasteiger partial charge in [0.25, 0.3) is 0 Å². The summed E-state index contributed by atoms with van der Waals surface area (Å²) >= 11 is 4.94. The summed E-state index contributed by atoms with van der Waals surface area (Å²) in [4.78, 5) is 0. The Morgan fingerprint density at radius 1 is 1.18 bits per heavy atom. The molecule has 0 saturated heterocycles. The van der Waals surface area contributed by atoms with E-state index in [1.54, 1.807) is 24.3 Å². The number of rotatable bonds is 3. The van der Waals surface area contributed by atoms with E-state index in [0.29, 0.717) is 5.56 Å². The second kappa shape index (κ2) is 7.24. The molecule has 0 heterocycles. The minimum Gasteiger partial charge on any atom is -0.329 e. The van der Waals surface area contributed by atoms with Crippen molar-refractivity contribution in [2.75, 3.05) is 5.32 Å². The van der Waals surface area contributed by atoms with Gasteiger partial charge in [0.2, 0.25) is 0 Å². The number of nitrogens with one attached hydrogen (secondary N) is 2. The van der Waals surface area contributed by atoms with Gasteiger partial charge in [-0.3, -0.25) is 5.43 Å². The van der Waals surface area contributed by atoms with Crippen LogP contribution >= 0.6 is 12.2 Å². The van der Waals surface area contributed by atoms with E-state index >= 15 is 0 Å². The zero-order valence-electron chi connectivity index (χ0n) is 11.2. The van der Waals surface area contributed by atoms with Crippen molar-refractivity contribution in [3.8, 4) is 6.07 Å². The summed E-state index contributed by atoms with van der Waals surface area (Å²) in [6.45, 7) is 0. The number of nitriles is 1. The van der Waals surface area contributed by atoms with Crippen LogP contribution in [-0.4, -0.2) is 11.3 Å². The number of thiocarbonyl (C=S) groups is 1. The lowest BCUT2D eigenvalue weighted by molar-refractivity contribution is 0.586. The van der Waals surface area contributed by atoms with E-state index in [1.165, 1.54) is 12.3 Å². The summed E-state index contributed by atoms with van der Waals surface area (Å²) in [5.74, 6) is -1.42. The van der Waals surface area contributed by atoms with E-state index < -0.39 is 11.6 Å². The number of anilines is 1. The molecule has 0 aliphatic carbocycles. The Bertz CT molecular complexity index is 751. The van der Waals surface area contributed by atoms with E-state index in [1.807, 2.05) is 6.07 Å². The number of halogens is 2. The third-order valence-electron chi connectivity index (χ3n) is 2.60. The lowest BCUT2D eigenvalue weighted by atomic mass is 10.2. The zero-order chi connectivity index (χ0) is 15.9. The third kappa shape index (κ3) is 4.33. The van der Waals surface area contributed by atoms with Crippen molar-refractivity contribution in [1.29, 1.82) is 5.26 Å². The number of benzene rings is 2. The van der Waals surface area contributed by atoms with Gasteiger partial charge in [0.1, 0.15) is 11.6 Å². The van der Waals surface area contributed by atoms with Crippen LogP contribution in [0.2, 0.25) is 0 Å². The van der Waals surface area contributed by atoms with E-state index in [-0.39, 0.29) is 10.8 Å². The second-order valence-corrected chi connectivity index (χ2v) is 4.59. The standard InChI is InChI=1S/C15H10F2N4S/c16-12-5-6-14(13(17)7-12)20-15(22)21-19-9-11-3-1-10(8-18)2-4-11/h1-7,9H,(H2,20,21,22). The molecule has 0 amide bonds. The highest BCUT2D eigenvalue weighted by Gasteiger charge is 2.04. The molecular formula is C15H10F2N4S. The molecule has 0 radical (unpaired) electrons. The highest BCUT2D eigenvalue weighted by molar-refractivity contribution is 7.80. The van der Waals surface area contributed by atoms with Crippen LogP contribution in [0.15, 0.2) is 47.6 Å². The molecule has 0 aliphatic rings. The SMILES string of the molecule is N#Cc1ccc(C=NNC(=S)Nc2ccc(F)cc2F)cc1. The van der Waals surface area contributed by atoms with Crippen LogP contribution in [0.1, 0.15) is 11.1 Å². The first kappa shape index (κ1) is 15.5. The van der Waals surface area contributed by atoms with Crippen molar-refractivity contribution in [2.24, 2.45) is 5.10 Å². The Morgan fingerprint density at radius 3 is 2.55 bits per heavy atom. The van der Waals surface area contributed by atoms with E-state index in [4.69, 9.17) is 17.5 Å².